The average molecular weight is 370 g/mol. The first-order valence-corrected chi connectivity index (χ1v) is 8.39. The number of aromatic amines is 1. The van der Waals surface area contributed by atoms with Crippen LogP contribution in [-0.4, -0.2) is 37.3 Å². The summed E-state index contributed by atoms with van der Waals surface area (Å²) in [5, 5.41) is 0.850. The van der Waals surface area contributed by atoms with Crippen molar-refractivity contribution >= 4 is 28.4 Å². The molecule has 0 saturated heterocycles. The number of fused-ring (bicyclic) bond motifs is 3. The van der Waals surface area contributed by atoms with Crippen molar-refractivity contribution in [1.82, 2.24) is 9.97 Å². The molecule has 140 valence electrons. The number of nitrogens with one attached hydrogen (secondary N) is 1. The van der Waals surface area contributed by atoms with Crippen LogP contribution in [0.25, 0.3) is 11.0 Å². The van der Waals surface area contributed by atoms with Crippen LogP contribution in [0.1, 0.15) is 11.1 Å². The van der Waals surface area contributed by atoms with Crippen LogP contribution < -0.4 is 19.3 Å². The first kappa shape index (κ1) is 17.1. The van der Waals surface area contributed by atoms with Crippen LogP contribution in [0.4, 0.5) is 20.6 Å². The molecule has 2 amide bonds. The average Bonchev–Trinajstić information content (AvgIpc) is 3.14. The van der Waals surface area contributed by atoms with Crippen LogP contribution in [0.2, 0.25) is 0 Å². The number of nitrogens with zero attached hydrogens (tertiary/aromatic N) is 3. The van der Waals surface area contributed by atoms with E-state index in [4.69, 9.17) is 9.47 Å². The molecule has 8 heteroatoms. The Bertz CT molecular complexity index is 1030. The Morgan fingerprint density at radius 2 is 1.96 bits per heavy atom. The highest BCUT2D eigenvalue weighted by atomic mass is 19.1. The van der Waals surface area contributed by atoms with Crippen molar-refractivity contribution in [1.29, 1.82) is 0 Å². The van der Waals surface area contributed by atoms with Crippen LogP contribution >= 0.6 is 0 Å². The monoisotopic (exact) mass is 370 g/mol. The highest BCUT2D eigenvalue weighted by Gasteiger charge is 2.34. The molecule has 3 heterocycles. The molecule has 1 aliphatic rings. The molecule has 1 N–H and O–H groups in total. The summed E-state index contributed by atoms with van der Waals surface area (Å²) in [6, 6.07) is 3.01. The van der Waals surface area contributed by atoms with Crippen molar-refractivity contribution < 1.29 is 18.7 Å². The van der Waals surface area contributed by atoms with E-state index in [1.807, 2.05) is 6.07 Å². The lowest BCUT2D eigenvalue weighted by Gasteiger charge is -2.36. The fourth-order valence-corrected chi connectivity index (χ4v) is 3.61. The van der Waals surface area contributed by atoms with Gasteiger partial charge in [0.15, 0.2) is 11.6 Å². The number of hydrogen-bond acceptors (Lipinski definition) is 4. The van der Waals surface area contributed by atoms with E-state index >= 15 is 4.39 Å². The van der Waals surface area contributed by atoms with Gasteiger partial charge >= 0.3 is 6.03 Å². The number of carbonyl (C=O) groups excluding carboxylic acids is 1. The molecule has 3 aromatic rings. The van der Waals surface area contributed by atoms with Gasteiger partial charge in [0.05, 0.1) is 32.1 Å². The van der Waals surface area contributed by atoms with Gasteiger partial charge in [-0.25, -0.2) is 14.2 Å². The normalized spacial score (nSPS) is 13.9. The fourth-order valence-electron chi connectivity index (χ4n) is 3.61. The van der Waals surface area contributed by atoms with Crippen LogP contribution in [-0.2, 0) is 6.54 Å². The van der Waals surface area contributed by atoms with Crippen molar-refractivity contribution in [2.75, 3.05) is 31.1 Å². The molecule has 0 unspecified atom stereocenters. The molecular formula is C19H19FN4O3. The first-order chi connectivity index (χ1) is 13.0. The molecule has 7 nitrogen and oxygen atoms in total. The molecule has 0 spiro atoms. The number of hydrogen-bond donors (Lipinski definition) is 1. The number of methoxy groups -OCH3 is 2. The van der Waals surface area contributed by atoms with Gasteiger partial charge in [0.25, 0.3) is 0 Å². The lowest BCUT2D eigenvalue weighted by atomic mass is 10.1. The van der Waals surface area contributed by atoms with Gasteiger partial charge in [-0.3, -0.25) is 9.80 Å². The summed E-state index contributed by atoms with van der Waals surface area (Å²) < 4.78 is 25.6. The number of aromatic nitrogens is 2. The number of carbonyl (C=O) groups is 1. The van der Waals surface area contributed by atoms with Gasteiger partial charge in [0.2, 0.25) is 0 Å². The summed E-state index contributed by atoms with van der Waals surface area (Å²) in [4.78, 5) is 23.5. The smallest absolute Gasteiger partial charge is 0.329 e. The first-order valence-electron chi connectivity index (χ1n) is 8.39. The summed E-state index contributed by atoms with van der Waals surface area (Å²) in [5.41, 5.74) is 2.96. The zero-order valence-electron chi connectivity index (χ0n) is 15.5. The second-order valence-electron chi connectivity index (χ2n) is 6.37. The Hall–Kier alpha value is -3.29. The summed E-state index contributed by atoms with van der Waals surface area (Å²) in [6.45, 7) is 1.91. The molecular weight excluding hydrogens is 351 g/mol. The van der Waals surface area contributed by atoms with E-state index in [0.717, 1.165) is 16.6 Å². The maximum absolute atomic E-state index is 15.1. The molecule has 0 aliphatic carbocycles. The highest BCUT2D eigenvalue weighted by Crippen LogP contribution is 2.42. The zero-order valence-corrected chi connectivity index (χ0v) is 15.5. The van der Waals surface area contributed by atoms with Crippen molar-refractivity contribution in [3.05, 3.63) is 41.5 Å². The topological polar surface area (TPSA) is 70.7 Å². The number of amides is 2. The Balaban J connectivity index is 1.90. The minimum atomic E-state index is -0.600. The summed E-state index contributed by atoms with van der Waals surface area (Å²) in [6.07, 6.45) is 3.48. The fraction of sp³-hybridized carbons (Fsp3) is 0.263. The second-order valence-corrected chi connectivity index (χ2v) is 6.37. The molecule has 1 aliphatic heterocycles. The maximum Gasteiger partial charge on any atom is 0.329 e. The molecule has 27 heavy (non-hydrogen) atoms. The summed E-state index contributed by atoms with van der Waals surface area (Å²) in [7, 11) is 4.54. The van der Waals surface area contributed by atoms with Crippen molar-refractivity contribution in [2.24, 2.45) is 0 Å². The predicted octanol–water partition coefficient (Wildman–Crippen LogP) is 3.60. The molecule has 0 atom stereocenters. The van der Waals surface area contributed by atoms with Crippen molar-refractivity contribution in [2.45, 2.75) is 13.5 Å². The zero-order chi connectivity index (χ0) is 19.3. The van der Waals surface area contributed by atoms with E-state index in [2.05, 4.69) is 9.97 Å². The predicted molar refractivity (Wildman–Crippen MR) is 100 cm³/mol. The lowest BCUT2D eigenvalue weighted by molar-refractivity contribution is 0.251. The quantitative estimate of drug-likeness (QED) is 0.765. The number of urea groups is 1. The van der Waals surface area contributed by atoms with Gasteiger partial charge in [0.1, 0.15) is 11.4 Å². The van der Waals surface area contributed by atoms with E-state index in [9.17, 15) is 4.79 Å². The van der Waals surface area contributed by atoms with Crippen LogP contribution in [0.5, 0.6) is 11.5 Å². The molecule has 0 fully saturated rings. The third-order valence-electron chi connectivity index (χ3n) is 4.94. The number of anilines is 2. The van der Waals surface area contributed by atoms with Gasteiger partial charge in [-0.05, 0) is 13.0 Å². The summed E-state index contributed by atoms with van der Waals surface area (Å²) in [5.74, 6) is -0.131. The van der Waals surface area contributed by atoms with Gasteiger partial charge in [-0.1, -0.05) is 0 Å². The Morgan fingerprint density at radius 1 is 1.22 bits per heavy atom. The molecule has 0 saturated carbocycles. The van der Waals surface area contributed by atoms with E-state index in [1.54, 1.807) is 26.4 Å². The number of H-pyrrole nitrogens is 1. The molecule has 4 rings (SSSR count). The standard InChI is InChI=1S/C19H19FN4O3/c1-10-13(26-3)7-14(27-4)15(20)16(10)24-9-11-8-22-18-12(5-6-21-18)17(11)23(2)19(24)25/h5-8H,9H2,1-4H3,(H,21,22). The van der Waals surface area contributed by atoms with Crippen molar-refractivity contribution in [3.63, 3.8) is 0 Å². The molecule has 0 bridgehead atoms. The highest BCUT2D eigenvalue weighted by molar-refractivity contribution is 6.11. The second kappa shape index (κ2) is 6.15. The van der Waals surface area contributed by atoms with Gasteiger partial charge < -0.3 is 14.5 Å². The van der Waals surface area contributed by atoms with E-state index in [1.165, 1.54) is 30.1 Å². The van der Waals surface area contributed by atoms with Crippen LogP contribution in [0, 0.1) is 12.7 Å². The Morgan fingerprint density at radius 3 is 2.67 bits per heavy atom. The van der Waals surface area contributed by atoms with Crippen LogP contribution in [0.3, 0.4) is 0 Å². The Kier molecular flexibility index (Phi) is 3.91. The molecule has 0 radical (unpaired) electrons. The van der Waals surface area contributed by atoms with E-state index < -0.39 is 5.82 Å². The molecule has 1 aromatic carbocycles. The van der Waals surface area contributed by atoms with E-state index in [0.29, 0.717) is 17.0 Å². The Labute approximate surface area is 155 Å². The number of halogens is 1. The number of benzene rings is 1. The van der Waals surface area contributed by atoms with E-state index in [-0.39, 0.29) is 24.0 Å². The minimum Gasteiger partial charge on any atom is -0.496 e. The maximum atomic E-state index is 15.1. The SMILES string of the molecule is COc1cc(OC)c(F)c(N2Cc3cnc4[nH]ccc4c3N(C)C2=O)c1C. The van der Waals surface area contributed by atoms with Gasteiger partial charge in [0, 0.05) is 42.0 Å². The third kappa shape index (κ3) is 2.40. The minimum absolute atomic E-state index is 0.0212. The number of rotatable bonds is 3. The largest absolute Gasteiger partial charge is 0.496 e. The third-order valence-corrected chi connectivity index (χ3v) is 4.94. The molecule has 2 aromatic heterocycles. The number of pyridine rings is 1. The van der Waals surface area contributed by atoms with Gasteiger partial charge in [-0.2, -0.15) is 0 Å². The summed E-state index contributed by atoms with van der Waals surface area (Å²) >= 11 is 0. The number of ether oxygens (including phenoxy) is 2. The van der Waals surface area contributed by atoms with Gasteiger partial charge in [-0.15, -0.1) is 0 Å². The van der Waals surface area contributed by atoms with Crippen molar-refractivity contribution in [3.8, 4) is 11.5 Å². The lowest BCUT2D eigenvalue weighted by Crippen LogP contribution is -2.46. The van der Waals surface area contributed by atoms with Crippen LogP contribution in [0.15, 0.2) is 24.5 Å².